The van der Waals surface area contributed by atoms with Crippen molar-refractivity contribution in [2.45, 2.75) is 13.0 Å². The maximum Gasteiger partial charge on any atom is 0.335 e. The lowest BCUT2D eigenvalue weighted by Gasteiger charge is -2.11. The highest BCUT2D eigenvalue weighted by atomic mass is 16.4. The van der Waals surface area contributed by atoms with E-state index in [4.69, 9.17) is 15.9 Å². The Bertz CT molecular complexity index is 445. The Morgan fingerprint density at radius 2 is 2.12 bits per heavy atom. The number of aryl methyl sites for hydroxylation is 1. The van der Waals surface area contributed by atoms with E-state index in [0.29, 0.717) is 11.3 Å². The third kappa shape index (κ3) is 3.46. The first kappa shape index (κ1) is 13.0. The second kappa shape index (κ2) is 5.31. The highest BCUT2D eigenvalue weighted by Crippen LogP contribution is 2.15. The van der Waals surface area contributed by atoms with Gasteiger partial charge in [0, 0.05) is 12.2 Å². The van der Waals surface area contributed by atoms with Gasteiger partial charge in [0.15, 0.2) is 0 Å². The van der Waals surface area contributed by atoms with E-state index in [1.165, 1.54) is 6.07 Å². The number of nitrogens with two attached hydrogens (primary N) is 1. The fourth-order valence-electron chi connectivity index (χ4n) is 1.33. The van der Waals surface area contributed by atoms with Crippen LogP contribution in [0.15, 0.2) is 18.2 Å². The third-order valence-corrected chi connectivity index (χ3v) is 2.28. The molecule has 1 amide bonds. The van der Waals surface area contributed by atoms with E-state index < -0.39 is 18.0 Å². The van der Waals surface area contributed by atoms with Crippen LogP contribution in [0.2, 0.25) is 0 Å². The van der Waals surface area contributed by atoms with Crippen molar-refractivity contribution in [3.63, 3.8) is 0 Å². The van der Waals surface area contributed by atoms with Crippen LogP contribution >= 0.6 is 0 Å². The van der Waals surface area contributed by atoms with Crippen LogP contribution in [0.5, 0.6) is 0 Å². The van der Waals surface area contributed by atoms with Crippen LogP contribution in [0.25, 0.3) is 0 Å². The maximum atomic E-state index is 10.8. The number of amides is 1. The van der Waals surface area contributed by atoms with Gasteiger partial charge in [0.05, 0.1) is 5.56 Å². The fraction of sp³-hybridized carbons (Fsp3) is 0.273. The molecular formula is C11H14N2O4. The van der Waals surface area contributed by atoms with Gasteiger partial charge in [-0.05, 0) is 30.7 Å². The number of hydrogen-bond donors (Lipinski definition) is 4. The van der Waals surface area contributed by atoms with Crippen LogP contribution in [-0.4, -0.2) is 34.7 Å². The molecule has 0 radical (unpaired) electrons. The fourth-order valence-corrected chi connectivity index (χ4v) is 1.33. The second-order valence-corrected chi connectivity index (χ2v) is 3.63. The van der Waals surface area contributed by atoms with Crippen LogP contribution in [-0.2, 0) is 4.79 Å². The molecule has 0 fully saturated rings. The van der Waals surface area contributed by atoms with Crippen LogP contribution in [0, 0.1) is 6.92 Å². The third-order valence-electron chi connectivity index (χ3n) is 2.28. The Morgan fingerprint density at radius 3 is 2.59 bits per heavy atom. The number of anilines is 1. The van der Waals surface area contributed by atoms with Crippen molar-refractivity contribution < 1.29 is 19.8 Å². The van der Waals surface area contributed by atoms with Crippen molar-refractivity contribution in [1.82, 2.24) is 0 Å². The zero-order valence-electron chi connectivity index (χ0n) is 9.30. The highest BCUT2D eigenvalue weighted by molar-refractivity contribution is 5.89. The topological polar surface area (TPSA) is 113 Å². The largest absolute Gasteiger partial charge is 0.478 e. The number of aliphatic hydroxyl groups is 1. The smallest absolute Gasteiger partial charge is 0.335 e. The molecule has 5 N–H and O–H groups in total. The molecule has 0 heterocycles. The van der Waals surface area contributed by atoms with E-state index in [1.807, 2.05) is 0 Å². The van der Waals surface area contributed by atoms with Crippen molar-refractivity contribution >= 4 is 17.6 Å². The first-order valence-electron chi connectivity index (χ1n) is 4.97. The summed E-state index contributed by atoms with van der Waals surface area (Å²) in [6.45, 7) is 1.65. The molecular weight excluding hydrogens is 224 g/mol. The zero-order valence-corrected chi connectivity index (χ0v) is 9.30. The lowest BCUT2D eigenvalue weighted by Crippen LogP contribution is -2.34. The molecule has 0 aromatic heterocycles. The summed E-state index contributed by atoms with van der Waals surface area (Å²) in [4.78, 5) is 21.4. The second-order valence-electron chi connectivity index (χ2n) is 3.63. The van der Waals surface area contributed by atoms with E-state index >= 15 is 0 Å². The van der Waals surface area contributed by atoms with Crippen LogP contribution < -0.4 is 11.1 Å². The molecule has 0 spiro atoms. The number of aromatic carboxylic acids is 1. The van der Waals surface area contributed by atoms with Crippen LogP contribution in [0.3, 0.4) is 0 Å². The van der Waals surface area contributed by atoms with Gasteiger partial charge in [0.2, 0.25) is 5.91 Å². The average Bonchev–Trinajstić information content (AvgIpc) is 2.25. The molecule has 17 heavy (non-hydrogen) atoms. The summed E-state index contributed by atoms with van der Waals surface area (Å²) < 4.78 is 0. The van der Waals surface area contributed by atoms with Gasteiger partial charge in [-0.1, -0.05) is 0 Å². The standard InChI is InChI=1S/C11H14N2O4/c1-6-4-7(2-3-8(6)11(16)17)13-5-9(14)10(12)15/h2-4,9,13-14H,5H2,1H3,(H2,12,15)(H,16,17). The molecule has 0 aliphatic rings. The Morgan fingerprint density at radius 1 is 1.47 bits per heavy atom. The average molecular weight is 238 g/mol. The van der Waals surface area contributed by atoms with Crippen molar-refractivity contribution in [2.24, 2.45) is 5.73 Å². The lowest BCUT2D eigenvalue weighted by atomic mass is 10.1. The summed E-state index contributed by atoms with van der Waals surface area (Å²) in [5, 5.41) is 20.8. The van der Waals surface area contributed by atoms with Crippen molar-refractivity contribution in [2.75, 3.05) is 11.9 Å². The molecule has 0 aliphatic carbocycles. The van der Waals surface area contributed by atoms with Crippen LogP contribution in [0.1, 0.15) is 15.9 Å². The van der Waals surface area contributed by atoms with Crippen molar-refractivity contribution in [3.05, 3.63) is 29.3 Å². The molecule has 0 bridgehead atoms. The number of benzene rings is 1. The quantitative estimate of drug-likeness (QED) is 0.574. The summed E-state index contributed by atoms with van der Waals surface area (Å²) in [5.74, 6) is -1.80. The molecule has 1 aromatic rings. The summed E-state index contributed by atoms with van der Waals surface area (Å²) in [7, 11) is 0. The normalized spacial score (nSPS) is 11.9. The monoisotopic (exact) mass is 238 g/mol. The predicted molar refractivity (Wildman–Crippen MR) is 61.8 cm³/mol. The number of carbonyl (C=O) groups excluding carboxylic acids is 1. The molecule has 0 aliphatic heterocycles. The molecule has 1 unspecified atom stereocenters. The predicted octanol–water partition coefficient (Wildman–Crippen LogP) is -0.0487. The Hall–Kier alpha value is -2.08. The summed E-state index contributed by atoms with van der Waals surface area (Å²) >= 11 is 0. The number of rotatable bonds is 5. The lowest BCUT2D eigenvalue weighted by molar-refractivity contribution is -0.125. The van der Waals surface area contributed by atoms with Crippen LogP contribution in [0.4, 0.5) is 5.69 Å². The molecule has 1 rings (SSSR count). The maximum absolute atomic E-state index is 10.8. The number of primary amides is 1. The first-order chi connectivity index (χ1) is 7.91. The van der Waals surface area contributed by atoms with Crippen molar-refractivity contribution in [3.8, 4) is 0 Å². The van der Waals surface area contributed by atoms with Gasteiger partial charge in [0.1, 0.15) is 6.10 Å². The van der Waals surface area contributed by atoms with Gasteiger partial charge in [0.25, 0.3) is 0 Å². The molecule has 6 heteroatoms. The van der Waals surface area contributed by atoms with Gasteiger partial charge < -0.3 is 21.3 Å². The highest BCUT2D eigenvalue weighted by Gasteiger charge is 2.11. The minimum absolute atomic E-state index is 0.0127. The van der Waals surface area contributed by atoms with E-state index in [1.54, 1.807) is 19.1 Å². The molecule has 6 nitrogen and oxygen atoms in total. The van der Waals surface area contributed by atoms with Gasteiger partial charge in [-0.15, -0.1) is 0 Å². The van der Waals surface area contributed by atoms with E-state index in [0.717, 1.165) is 0 Å². The minimum atomic E-state index is -1.27. The molecule has 0 saturated heterocycles. The number of nitrogens with one attached hydrogen (secondary N) is 1. The van der Waals surface area contributed by atoms with E-state index in [9.17, 15) is 9.59 Å². The summed E-state index contributed by atoms with van der Waals surface area (Å²) in [6.07, 6.45) is -1.27. The minimum Gasteiger partial charge on any atom is -0.478 e. The summed E-state index contributed by atoms with van der Waals surface area (Å²) in [6, 6.07) is 4.64. The number of carboxylic acids is 1. The van der Waals surface area contributed by atoms with Gasteiger partial charge in [-0.2, -0.15) is 0 Å². The van der Waals surface area contributed by atoms with E-state index in [2.05, 4.69) is 5.32 Å². The number of carboxylic acid groups (broad SMARTS) is 1. The van der Waals surface area contributed by atoms with Gasteiger partial charge in [-0.3, -0.25) is 4.79 Å². The van der Waals surface area contributed by atoms with Gasteiger partial charge in [-0.25, -0.2) is 4.79 Å². The molecule has 1 atom stereocenters. The number of aliphatic hydroxyl groups excluding tert-OH is 1. The zero-order chi connectivity index (χ0) is 13.0. The molecule has 1 aromatic carbocycles. The first-order valence-corrected chi connectivity index (χ1v) is 4.97. The van der Waals surface area contributed by atoms with E-state index in [-0.39, 0.29) is 12.1 Å². The van der Waals surface area contributed by atoms with Crippen molar-refractivity contribution in [1.29, 1.82) is 0 Å². The molecule has 0 saturated carbocycles. The Balaban J connectivity index is 2.71. The SMILES string of the molecule is Cc1cc(NCC(O)C(N)=O)ccc1C(=O)O. The Kier molecular flexibility index (Phi) is 4.06. The van der Waals surface area contributed by atoms with Gasteiger partial charge >= 0.3 is 5.97 Å². The molecule has 92 valence electrons. The number of carbonyl (C=O) groups is 2. The summed E-state index contributed by atoms with van der Waals surface area (Å²) in [5.41, 5.74) is 6.31. The Labute approximate surface area is 98.1 Å². The number of hydrogen-bond acceptors (Lipinski definition) is 4.